The van der Waals surface area contributed by atoms with E-state index in [0.29, 0.717) is 6.07 Å². The number of rotatable bonds is 2. The summed E-state index contributed by atoms with van der Waals surface area (Å²) in [5.41, 5.74) is 5.00. The molecule has 0 bridgehead atoms. The summed E-state index contributed by atoms with van der Waals surface area (Å²) < 4.78 is 0. The minimum atomic E-state index is -0.884. The van der Waals surface area contributed by atoms with Crippen LogP contribution in [0.15, 0.2) is 6.07 Å². The van der Waals surface area contributed by atoms with Crippen molar-refractivity contribution < 1.29 is 9.85 Å². The fraction of sp³-hybridized carbons (Fsp3) is 0. The smallest absolute Gasteiger partial charge is 0.358 e. The Bertz CT molecular complexity index is 345. The van der Waals surface area contributed by atoms with E-state index in [2.05, 4.69) is 9.97 Å². The van der Waals surface area contributed by atoms with Crippen molar-refractivity contribution in [2.75, 3.05) is 5.73 Å². The van der Waals surface area contributed by atoms with Gasteiger partial charge in [0.2, 0.25) is 0 Å². The minimum absolute atomic E-state index is 0.499. The van der Waals surface area contributed by atoms with Gasteiger partial charge in [-0.15, -0.1) is 0 Å². The summed E-state index contributed by atoms with van der Waals surface area (Å²) in [5, 5.41) is 20.3. The second kappa shape index (κ2) is 2.97. The zero-order valence-corrected chi connectivity index (χ0v) is 6.08. The lowest BCUT2D eigenvalue weighted by Gasteiger charge is -1.91. The lowest BCUT2D eigenvalue weighted by atomic mass is 10.5. The molecule has 9 nitrogen and oxygen atoms in total. The predicted molar refractivity (Wildman–Crippen MR) is 39.8 cm³/mol. The van der Waals surface area contributed by atoms with Gasteiger partial charge in [0.15, 0.2) is 0 Å². The van der Waals surface area contributed by atoms with Gasteiger partial charge in [-0.3, -0.25) is 0 Å². The molecule has 1 heterocycles. The Hall–Kier alpha value is -2.32. The molecule has 0 aromatic carbocycles. The molecule has 68 valence electrons. The van der Waals surface area contributed by atoms with Crippen LogP contribution in [0, 0.1) is 20.2 Å². The van der Waals surface area contributed by atoms with E-state index in [1.165, 1.54) is 0 Å². The van der Waals surface area contributed by atoms with Crippen LogP contribution in [0.3, 0.4) is 0 Å². The maximum atomic E-state index is 10.2. The quantitative estimate of drug-likeness (QED) is 0.500. The molecule has 0 unspecified atom stereocenters. The second-order valence-electron chi connectivity index (χ2n) is 1.96. The van der Waals surface area contributed by atoms with Crippen molar-refractivity contribution in [3.8, 4) is 0 Å². The van der Waals surface area contributed by atoms with E-state index in [-0.39, 0.29) is 0 Å². The Morgan fingerprint density at radius 1 is 1.15 bits per heavy atom. The van der Waals surface area contributed by atoms with Gasteiger partial charge in [-0.05, 0) is 9.85 Å². The molecule has 0 atom stereocenters. The molecule has 0 saturated carbocycles. The first-order valence-corrected chi connectivity index (χ1v) is 2.94. The highest BCUT2D eigenvalue weighted by Gasteiger charge is 2.21. The summed E-state index contributed by atoms with van der Waals surface area (Å²) in [6, 6.07) is 0.635. The fourth-order valence-corrected chi connectivity index (χ4v) is 0.627. The van der Waals surface area contributed by atoms with E-state index in [1.807, 2.05) is 0 Å². The Morgan fingerprint density at radius 2 is 1.54 bits per heavy atom. The molecular formula is C4H3N5O4. The highest BCUT2D eigenvalue weighted by Crippen LogP contribution is 2.15. The van der Waals surface area contributed by atoms with Crippen molar-refractivity contribution in [1.29, 1.82) is 0 Å². The zero-order valence-electron chi connectivity index (χ0n) is 6.08. The third-order valence-electron chi connectivity index (χ3n) is 1.09. The first kappa shape index (κ1) is 8.77. The normalized spacial score (nSPS) is 9.54. The molecule has 0 spiro atoms. The van der Waals surface area contributed by atoms with E-state index in [4.69, 9.17) is 5.73 Å². The molecule has 9 heteroatoms. The van der Waals surface area contributed by atoms with E-state index in [9.17, 15) is 20.2 Å². The van der Waals surface area contributed by atoms with Crippen LogP contribution < -0.4 is 5.73 Å². The minimum Gasteiger partial charge on any atom is -0.358 e. The molecular weight excluding hydrogens is 182 g/mol. The zero-order chi connectivity index (χ0) is 10.0. The van der Waals surface area contributed by atoms with Gasteiger partial charge in [0.25, 0.3) is 0 Å². The summed E-state index contributed by atoms with van der Waals surface area (Å²) in [6.07, 6.45) is 0. The molecule has 2 N–H and O–H groups in total. The molecule has 13 heavy (non-hydrogen) atoms. The molecule has 0 aliphatic rings. The van der Waals surface area contributed by atoms with Crippen LogP contribution in [-0.4, -0.2) is 19.8 Å². The Kier molecular flexibility index (Phi) is 2.00. The summed E-state index contributed by atoms with van der Waals surface area (Å²) in [7, 11) is 0. The Labute approximate surface area is 70.5 Å². The standard InChI is InChI=1S/C4H3N5O4/c5-4-6-2(8(10)11)1-3(7-4)9(12)13/h1H,(H2,5,6,7). The van der Waals surface area contributed by atoms with Crippen LogP contribution in [0.5, 0.6) is 0 Å². The van der Waals surface area contributed by atoms with Crippen molar-refractivity contribution in [1.82, 2.24) is 9.97 Å². The average Bonchev–Trinajstić information content (AvgIpc) is 2.03. The summed E-state index contributed by atoms with van der Waals surface area (Å²) in [6.45, 7) is 0. The Balaban J connectivity index is 3.26. The maximum absolute atomic E-state index is 10.2. The largest absolute Gasteiger partial charge is 0.447 e. The fourth-order valence-electron chi connectivity index (χ4n) is 0.627. The van der Waals surface area contributed by atoms with Gasteiger partial charge in [0.05, 0.1) is 0 Å². The van der Waals surface area contributed by atoms with Gasteiger partial charge in [-0.25, -0.2) is 0 Å². The van der Waals surface area contributed by atoms with Gasteiger partial charge in [-0.2, -0.15) is 0 Å². The first-order chi connectivity index (χ1) is 6.00. The molecule has 0 radical (unpaired) electrons. The van der Waals surface area contributed by atoms with Crippen molar-refractivity contribution in [3.63, 3.8) is 0 Å². The molecule has 1 aromatic heterocycles. The molecule has 0 amide bonds. The number of nitro groups is 2. The van der Waals surface area contributed by atoms with E-state index in [1.54, 1.807) is 0 Å². The van der Waals surface area contributed by atoms with Crippen molar-refractivity contribution in [2.24, 2.45) is 0 Å². The number of hydrogen-bond acceptors (Lipinski definition) is 7. The van der Waals surface area contributed by atoms with Crippen LogP contribution >= 0.6 is 0 Å². The number of aromatic nitrogens is 2. The van der Waals surface area contributed by atoms with Crippen LogP contribution in [0.4, 0.5) is 17.6 Å². The van der Waals surface area contributed by atoms with Gasteiger partial charge in [0.1, 0.15) is 6.07 Å². The lowest BCUT2D eigenvalue weighted by molar-refractivity contribution is -0.399. The van der Waals surface area contributed by atoms with E-state index in [0.717, 1.165) is 0 Å². The molecule has 1 aromatic rings. The lowest BCUT2D eigenvalue weighted by Crippen LogP contribution is -2.02. The molecule has 0 aliphatic carbocycles. The summed E-state index contributed by atoms with van der Waals surface area (Å²) in [4.78, 5) is 24.9. The van der Waals surface area contributed by atoms with Crippen LogP contribution in [0.1, 0.15) is 0 Å². The average molecular weight is 185 g/mol. The number of nitrogens with two attached hydrogens (primary N) is 1. The van der Waals surface area contributed by atoms with Gasteiger partial charge in [0, 0.05) is 9.97 Å². The maximum Gasteiger partial charge on any atom is 0.447 e. The van der Waals surface area contributed by atoms with E-state index < -0.39 is 27.4 Å². The van der Waals surface area contributed by atoms with Gasteiger partial charge >= 0.3 is 17.6 Å². The predicted octanol–water partition coefficient (Wildman–Crippen LogP) is -0.125. The topological polar surface area (TPSA) is 138 Å². The number of anilines is 1. The SMILES string of the molecule is Nc1nc([N+](=O)[O-])cc([N+](=O)[O-])n1. The second-order valence-corrected chi connectivity index (χ2v) is 1.96. The Morgan fingerprint density at radius 3 is 1.85 bits per heavy atom. The van der Waals surface area contributed by atoms with Gasteiger partial charge < -0.3 is 26.0 Å². The highest BCUT2D eigenvalue weighted by atomic mass is 16.6. The van der Waals surface area contributed by atoms with Gasteiger partial charge in [-0.1, -0.05) is 0 Å². The van der Waals surface area contributed by atoms with Crippen LogP contribution in [-0.2, 0) is 0 Å². The van der Waals surface area contributed by atoms with Crippen LogP contribution in [0.25, 0.3) is 0 Å². The summed E-state index contributed by atoms with van der Waals surface area (Å²) >= 11 is 0. The number of nitrogens with zero attached hydrogens (tertiary/aromatic N) is 4. The molecule has 1 rings (SSSR count). The third-order valence-corrected chi connectivity index (χ3v) is 1.09. The van der Waals surface area contributed by atoms with Crippen molar-refractivity contribution in [3.05, 3.63) is 26.3 Å². The first-order valence-electron chi connectivity index (χ1n) is 2.94. The van der Waals surface area contributed by atoms with Crippen LogP contribution in [0.2, 0.25) is 0 Å². The number of nitrogen functional groups attached to an aromatic ring is 1. The molecule has 0 aliphatic heterocycles. The summed E-state index contributed by atoms with van der Waals surface area (Å²) in [5.74, 6) is -1.89. The third kappa shape index (κ3) is 1.83. The molecule has 0 saturated heterocycles. The number of hydrogen-bond donors (Lipinski definition) is 1. The van der Waals surface area contributed by atoms with Crippen molar-refractivity contribution in [2.45, 2.75) is 0 Å². The highest BCUT2D eigenvalue weighted by molar-refractivity contribution is 5.36. The monoisotopic (exact) mass is 185 g/mol. The van der Waals surface area contributed by atoms with Crippen molar-refractivity contribution >= 4 is 17.6 Å². The van der Waals surface area contributed by atoms with E-state index >= 15 is 0 Å². The molecule has 0 fully saturated rings.